The number of rotatable bonds is 4. The van der Waals surface area contributed by atoms with E-state index in [0.29, 0.717) is 19.5 Å². The van der Waals surface area contributed by atoms with Crippen LogP contribution in [-0.4, -0.2) is 41.5 Å². The molecule has 1 aliphatic heterocycles. The third kappa shape index (κ3) is 3.82. The lowest BCUT2D eigenvalue weighted by Gasteiger charge is -2.17. The Morgan fingerprint density at radius 2 is 1.90 bits per heavy atom. The summed E-state index contributed by atoms with van der Waals surface area (Å²) in [5.74, 6) is -1.21. The van der Waals surface area contributed by atoms with E-state index in [1.54, 1.807) is 0 Å². The number of anilines is 1. The van der Waals surface area contributed by atoms with E-state index in [1.165, 1.54) is 5.56 Å². The number of hydrogen-bond acceptors (Lipinski definition) is 3. The number of carboxylic acid groups (broad SMARTS) is 1. The molecular weight excluding hydrogens is 268 g/mol. The molecule has 1 fully saturated rings. The second-order valence-corrected chi connectivity index (χ2v) is 5.88. The molecule has 1 saturated heterocycles. The van der Waals surface area contributed by atoms with Crippen LogP contribution in [0.5, 0.6) is 0 Å². The number of nitrogens with one attached hydrogen (secondary N) is 1. The minimum absolute atomic E-state index is 0.0870. The van der Waals surface area contributed by atoms with Gasteiger partial charge < -0.3 is 10.4 Å². The minimum atomic E-state index is -0.775. The Balaban J connectivity index is 1.96. The van der Waals surface area contributed by atoms with Crippen molar-refractivity contribution in [2.45, 2.75) is 27.2 Å². The fraction of sp³-hybridized carbons (Fsp3) is 0.500. The summed E-state index contributed by atoms with van der Waals surface area (Å²) in [4.78, 5) is 24.9. The fourth-order valence-electron chi connectivity index (χ4n) is 2.94. The first kappa shape index (κ1) is 15.5. The van der Waals surface area contributed by atoms with Gasteiger partial charge in [-0.25, -0.2) is 0 Å². The van der Waals surface area contributed by atoms with Crippen molar-refractivity contribution in [2.75, 3.05) is 25.0 Å². The van der Waals surface area contributed by atoms with E-state index < -0.39 is 5.97 Å². The van der Waals surface area contributed by atoms with Crippen LogP contribution in [0, 0.1) is 26.7 Å². The number of nitrogens with zero attached hydrogens (tertiary/aromatic N) is 1. The summed E-state index contributed by atoms with van der Waals surface area (Å²) in [6.07, 6.45) is 0.616. The molecular formula is C16H22N2O3. The van der Waals surface area contributed by atoms with E-state index in [9.17, 15) is 9.59 Å². The maximum atomic E-state index is 12.1. The van der Waals surface area contributed by atoms with Gasteiger partial charge in [-0.05, 0) is 44.9 Å². The van der Waals surface area contributed by atoms with Gasteiger partial charge in [0.05, 0.1) is 12.5 Å². The van der Waals surface area contributed by atoms with Gasteiger partial charge in [0.15, 0.2) is 0 Å². The Labute approximate surface area is 125 Å². The molecule has 114 valence electrons. The Morgan fingerprint density at radius 3 is 2.43 bits per heavy atom. The number of aryl methyl sites for hydroxylation is 3. The Kier molecular flexibility index (Phi) is 4.63. The predicted octanol–water partition coefficient (Wildman–Crippen LogP) is 1.96. The molecule has 1 heterocycles. The van der Waals surface area contributed by atoms with Gasteiger partial charge in [0.1, 0.15) is 0 Å². The summed E-state index contributed by atoms with van der Waals surface area (Å²) < 4.78 is 0. The van der Waals surface area contributed by atoms with Crippen molar-refractivity contribution in [3.8, 4) is 0 Å². The van der Waals surface area contributed by atoms with Gasteiger partial charge in [-0.1, -0.05) is 17.7 Å². The van der Waals surface area contributed by atoms with Gasteiger partial charge in [0.25, 0.3) is 0 Å². The lowest BCUT2D eigenvalue weighted by molar-refractivity contribution is -0.141. The Morgan fingerprint density at radius 1 is 1.29 bits per heavy atom. The van der Waals surface area contributed by atoms with Crippen LogP contribution in [0.2, 0.25) is 0 Å². The average Bonchev–Trinajstić information content (AvgIpc) is 2.82. The first-order valence-corrected chi connectivity index (χ1v) is 7.19. The van der Waals surface area contributed by atoms with E-state index in [-0.39, 0.29) is 18.4 Å². The highest BCUT2D eigenvalue weighted by molar-refractivity contribution is 5.93. The summed E-state index contributed by atoms with van der Waals surface area (Å²) in [6, 6.07) is 4.08. The molecule has 21 heavy (non-hydrogen) atoms. The number of carboxylic acids is 1. The van der Waals surface area contributed by atoms with Crippen molar-refractivity contribution in [2.24, 2.45) is 5.92 Å². The molecule has 0 aliphatic carbocycles. The zero-order valence-corrected chi connectivity index (χ0v) is 12.8. The summed E-state index contributed by atoms with van der Waals surface area (Å²) in [6.45, 7) is 7.35. The number of benzene rings is 1. The minimum Gasteiger partial charge on any atom is -0.481 e. The standard InChI is InChI=1S/C16H22N2O3/c1-10-6-11(2)15(12(3)7-10)17-14(19)9-18-5-4-13(8-18)16(20)21/h6-7,13H,4-5,8-9H2,1-3H3,(H,17,19)(H,20,21). The Hall–Kier alpha value is -1.88. The van der Waals surface area contributed by atoms with Crippen LogP contribution >= 0.6 is 0 Å². The molecule has 1 aromatic carbocycles. The number of hydrogen-bond donors (Lipinski definition) is 2. The van der Waals surface area contributed by atoms with Gasteiger partial charge in [-0.3, -0.25) is 14.5 Å². The molecule has 0 radical (unpaired) electrons. The van der Waals surface area contributed by atoms with Crippen molar-refractivity contribution in [3.63, 3.8) is 0 Å². The lowest BCUT2D eigenvalue weighted by atomic mass is 10.1. The third-order valence-corrected chi connectivity index (χ3v) is 3.93. The largest absolute Gasteiger partial charge is 0.481 e. The molecule has 1 unspecified atom stereocenters. The molecule has 2 rings (SSSR count). The van der Waals surface area contributed by atoms with Crippen LogP contribution in [0.1, 0.15) is 23.1 Å². The van der Waals surface area contributed by atoms with E-state index in [0.717, 1.165) is 16.8 Å². The van der Waals surface area contributed by atoms with Crippen molar-refractivity contribution >= 4 is 17.6 Å². The van der Waals surface area contributed by atoms with Crippen molar-refractivity contribution in [1.82, 2.24) is 4.90 Å². The normalized spacial score (nSPS) is 18.7. The van der Waals surface area contributed by atoms with Crippen molar-refractivity contribution < 1.29 is 14.7 Å². The average molecular weight is 290 g/mol. The van der Waals surface area contributed by atoms with E-state index >= 15 is 0 Å². The van der Waals surface area contributed by atoms with Gasteiger partial charge in [0.2, 0.25) is 5.91 Å². The topological polar surface area (TPSA) is 69.6 Å². The predicted molar refractivity (Wildman–Crippen MR) is 81.5 cm³/mol. The van der Waals surface area contributed by atoms with Crippen molar-refractivity contribution in [3.05, 3.63) is 28.8 Å². The third-order valence-electron chi connectivity index (χ3n) is 3.93. The van der Waals surface area contributed by atoms with Gasteiger partial charge in [-0.15, -0.1) is 0 Å². The summed E-state index contributed by atoms with van der Waals surface area (Å²) in [5, 5.41) is 11.9. The SMILES string of the molecule is Cc1cc(C)c(NC(=O)CN2CCC(C(=O)O)C2)c(C)c1. The summed E-state index contributed by atoms with van der Waals surface area (Å²) in [7, 11) is 0. The smallest absolute Gasteiger partial charge is 0.307 e. The number of carbonyl (C=O) groups is 2. The second-order valence-electron chi connectivity index (χ2n) is 5.88. The quantitative estimate of drug-likeness (QED) is 0.889. The highest BCUT2D eigenvalue weighted by Gasteiger charge is 2.28. The molecule has 0 aromatic heterocycles. The highest BCUT2D eigenvalue weighted by atomic mass is 16.4. The van der Waals surface area contributed by atoms with Crippen molar-refractivity contribution in [1.29, 1.82) is 0 Å². The summed E-state index contributed by atoms with van der Waals surface area (Å²) in [5.41, 5.74) is 4.13. The second kappa shape index (κ2) is 6.26. The first-order valence-electron chi connectivity index (χ1n) is 7.19. The lowest BCUT2D eigenvalue weighted by Crippen LogP contribution is -2.32. The van der Waals surface area contributed by atoms with E-state index in [2.05, 4.69) is 5.32 Å². The van der Waals surface area contributed by atoms with Crippen LogP contribution in [-0.2, 0) is 9.59 Å². The van der Waals surface area contributed by atoms with Crippen LogP contribution in [0.15, 0.2) is 12.1 Å². The molecule has 2 N–H and O–H groups in total. The number of amides is 1. The number of carbonyl (C=O) groups excluding carboxylic acids is 1. The van der Waals surface area contributed by atoms with Gasteiger partial charge in [-0.2, -0.15) is 0 Å². The molecule has 1 aliphatic rings. The van der Waals surface area contributed by atoms with Crippen LogP contribution in [0.4, 0.5) is 5.69 Å². The van der Waals surface area contributed by atoms with E-state index in [4.69, 9.17) is 5.11 Å². The fourth-order valence-corrected chi connectivity index (χ4v) is 2.94. The maximum Gasteiger partial charge on any atom is 0.307 e. The van der Waals surface area contributed by atoms with Crippen LogP contribution in [0.3, 0.4) is 0 Å². The van der Waals surface area contributed by atoms with Gasteiger partial charge in [0, 0.05) is 12.2 Å². The van der Waals surface area contributed by atoms with E-state index in [1.807, 2.05) is 37.8 Å². The molecule has 1 aromatic rings. The van der Waals surface area contributed by atoms with Gasteiger partial charge >= 0.3 is 5.97 Å². The molecule has 0 bridgehead atoms. The molecule has 1 amide bonds. The zero-order chi connectivity index (χ0) is 15.6. The summed E-state index contributed by atoms with van der Waals surface area (Å²) >= 11 is 0. The monoisotopic (exact) mass is 290 g/mol. The molecule has 1 atom stereocenters. The molecule has 0 spiro atoms. The first-order chi connectivity index (χ1) is 9.86. The number of likely N-dealkylation sites (tertiary alicyclic amines) is 1. The Bertz CT molecular complexity index is 546. The highest BCUT2D eigenvalue weighted by Crippen LogP contribution is 2.22. The number of aliphatic carboxylic acids is 1. The molecule has 5 heteroatoms. The maximum absolute atomic E-state index is 12.1. The van der Waals surface area contributed by atoms with Crippen LogP contribution in [0.25, 0.3) is 0 Å². The molecule has 0 saturated carbocycles. The molecule has 5 nitrogen and oxygen atoms in total. The zero-order valence-electron chi connectivity index (χ0n) is 12.8. The van der Waals surface area contributed by atoms with Crippen LogP contribution < -0.4 is 5.32 Å².